The van der Waals surface area contributed by atoms with Gasteiger partial charge in [-0.3, -0.25) is 10.00 Å². The highest BCUT2D eigenvalue weighted by Crippen LogP contribution is 2.10. The molecule has 1 aliphatic rings. The van der Waals surface area contributed by atoms with Crippen molar-refractivity contribution in [3.63, 3.8) is 0 Å². The molecule has 1 aromatic heterocycles. The van der Waals surface area contributed by atoms with Crippen LogP contribution in [0.3, 0.4) is 0 Å². The maximum atomic E-state index is 10.9. The number of likely N-dealkylation sites (N-methyl/N-ethyl adjacent to an activating group) is 1. The Labute approximate surface area is 93.9 Å². The number of H-pyrrole nitrogens is 1. The normalized spacial score (nSPS) is 18.8. The third-order valence-corrected chi connectivity index (χ3v) is 2.92. The third-order valence-electron chi connectivity index (χ3n) is 2.92. The van der Waals surface area contributed by atoms with Gasteiger partial charge in [0.05, 0.1) is 6.20 Å². The van der Waals surface area contributed by atoms with Crippen LogP contribution < -0.4 is 0 Å². The number of piperazine rings is 1. The number of aromatic carboxylic acids is 1. The van der Waals surface area contributed by atoms with Crippen LogP contribution >= 0.6 is 0 Å². The number of carboxylic acid groups (broad SMARTS) is 1. The van der Waals surface area contributed by atoms with Crippen molar-refractivity contribution in [3.8, 4) is 0 Å². The van der Waals surface area contributed by atoms with E-state index in [4.69, 9.17) is 5.11 Å². The fourth-order valence-electron chi connectivity index (χ4n) is 1.86. The molecule has 6 nitrogen and oxygen atoms in total. The maximum Gasteiger partial charge on any atom is 0.354 e. The Morgan fingerprint density at radius 1 is 1.50 bits per heavy atom. The van der Waals surface area contributed by atoms with Gasteiger partial charge in [-0.25, -0.2) is 4.79 Å². The van der Waals surface area contributed by atoms with Crippen molar-refractivity contribution in [2.24, 2.45) is 0 Å². The fraction of sp³-hybridized carbons (Fsp3) is 0.600. The Balaban J connectivity index is 1.98. The monoisotopic (exact) mass is 224 g/mol. The number of hydrogen-bond acceptors (Lipinski definition) is 4. The number of nitrogens with zero attached hydrogens (tertiary/aromatic N) is 3. The summed E-state index contributed by atoms with van der Waals surface area (Å²) in [6.07, 6.45) is 1.60. The Morgan fingerprint density at radius 3 is 2.81 bits per heavy atom. The van der Waals surface area contributed by atoms with Gasteiger partial charge in [-0.2, -0.15) is 5.10 Å². The first-order valence-electron chi connectivity index (χ1n) is 5.33. The molecule has 1 fully saturated rings. The van der Waals surface area contributed by atoms with E-state index >= 15 is 0 Å². The predicted octanol–water partition coefficient (Wildman–Crippen LogP) is -0.145. The first-order valence-corrected chi connectivity index (χ1v) is 5.33. The van der Waals surface area contributed by atoms with E-state index in [1.54, 1.807) is 6.20 Å². The van der Waals surface area contributed by atoms with Gasteiger partial charge < -0.3 is 10.0 Å². The smallest absolute Gasteiger partial charge is 0.354 e. The predicted molar refractivity (Wildman–Crippen MR) is 58.3 cm³/mol. The zero-order valence-corrected chi connectivity index (χ0v) is 9.31. The van der Waals surface area contributed by atoms with Gasteiger partial charge in [0.1, 0.15) is 5.69 Å². The summed E-state index contributed by atoms with van der Waals surface area (Å²) < 4.78 is 0. The lowest BCUT2D eigenvalue weighted by atomic mass is 10.2. The lowest BCUT2D eigenvalue weighted by molar-refractivity contribution is 0.0687. The highest BCUT2D eigenvalue weighted by Gasteiger charge is 2.18. The van der Waals surface area contributed by atoms with Crippen LogP contribution in [0.5, 0.6) is 0 Å². The van der Waals surface area contributed by atoms with Crippen molar-refractivity contribution >= 4 is 5.97 Å². The summed E-state index contributed by atoms with van der Waals surface area (Å²) >= 11 is 0. The second-order valence-corrected chi connectivity index (χ2v) is 4.15. The molecular weight excluding hydrogens is 208 g/mol. The highest BCUT2D eigenvalue weighted by atomic mass is 16.4. The van der Waals surface area contributed by atoms with E-state index in [0.29, 0.717) is 6.54 Å². The fourth-order valence-corrected chi connectivity index (χ4v) is 1.86. The standard InChI is InChI=1S/C10H16N4O2/c1-13-2-4-14(5-3-13)7-8-6-11-12-9(8)10(15)16/h6H,2-5,7H2,1H3,(H,11,12)(H,15,16). The number of carboxylic acids is 1. The molecule has 0 radical (unpaired) electrons. The number of nitrogens with one attached hydrogen (secondary N) is 1. The molecule has 0 atom stereocenters. The number of aromatic nitrogens is 2. The van der Waals surface area contributed by atoms with E-state index in [1.165, 1.54) is 0 Å². The molecule has 2 heterocycles. The molecular formula is C10H16N4O2. The Morgan fingerprint density at radius 2 is 2.19 bits per heavy atom. The quantitative estimate of drug-likeness (QED) is 0.747. The molecule has 0 aliphatic carbocycles. The minimum Gasteiger partial charge on any atom is -0.477 e. The molecule has 2 N–H and O–H groups in total. The van der Waals surface area contributed by atoms with E-state index in [1.807, 2.05) is 0 Å². The number of carbonyl (C=O) groups is 1. The van der Waals surface area contributed by atoms with Crippen LogP contribution in [-0.2, 0) is 6.54 Å². The van der Waals surface area contributed by atoms with Crippen molar-refractivity contribution in [3.05, 3.63) is 17.5 Å². The van der Waals surface area contributed by atoms with Gasteiger partial charge in [-0.1, -0.05) is 0 Å². The van der Waals surface area contributed by atoms with Crippen molar-refractivity contribution in [1.29, 1.82) is 0 Å². The maximum absolute atomic E-state index is 10.9. The summed E-state index contributed by atoms with van der Waals surface area (Å²) in [4.78, 5) is 15.4. The molecule has 0 unspecified atom stereocenters. The molecule has 16 heavy (non-hydrogen) atoms. The van der Waals surface area contributed by atoms with Crippen LogP contribution in [0.4, 0.5) is 0 Å². The van der Waals surface area contributed by atoms with Gasteiger partial charge in [-0.05, 0) is 7.05 Å². The summed E-state index contributed by atoms with van der Waals surface area (Å²) in [6.45, 7) is 4.66. The van der Waals surface area contributed by atoms with Crippen LogP contribution in [0.25, 0.3) is 0 Å². The molecule has 1 saturated heterocycles. The summed E-state index contributed by atoms with van der Waals surface area (Å²) in [6, 6.07) is 0. The summed E-state index contributed by atoms with van der Waals surface area (Å²) in [5, 5.41) is 15.2. The van der Waals surface area contributed by atoms with Crippen LogP contribution in [0.1, 0.15) is 16.1 Å². The lowest BCUT2D eigenvalue weighted by Crippen LogP contribution is -2.44. The van der Waals surface area contributed by atoms with Crippen LogP contribution in [0.2, 0.25) is 0 Å². The van der Waals surface area contributed by atoms with Crippen molar-refractivity contribution in [1.82, 2.24) is 20.0 Å². The topological polar surface area (TPSA) is 72.5 Å². The molecule has 2 rings (SSSR count). The minimum absolute atomic E-state index is 0.207. The molecule has 0 bridgehead atoms. The molecule has 6 heteroatoms. The molecule has 1 aliphatic heterocycles. The van der Waals surface area contributed by atoms with Gasteiger partial charge in [-0.15, -0.1) is 0 Å². The Kier molecular flexibility index (Phi) is 3.21. The van der Waals surface area contributed by atoms with Crippen LogP contribution in [0.15, 0.2) is 6.20 Å². The van der Waals surface area contributed by atoms with Gasteiger partial charge in [0, 0.05) is 38.3 Å². The molecule has 1 aromatic rings. The van der Waals surface area contributed by atoms with Crippen molar-refractivity contribution < 1.29 is 9.90 Å². The number of hydrogen-bond donors (Lipinski definition) is 2. The lowest BCUT2D eigenvalue weighted by Gasteiger charge is -2.32. The van der Waals surface area contributed by atoms with E-state index in [9.17, 15) is 4.79 Å². The van der Waals surface area contributed by atoms with Crippen molar-refractivity contribution in [2.45, 2.75) is 6.54 Å². The minimum atomic E-state index is -0.943. The summed E-state index contributed by atoms with van der Waals surface area (Å²) in [7, 11) is 2.10. The first kappa shape index (κ1) is 11.1. The average molecular weight is 224 g/mol. The average Bonchev–Trinajstić information content (AvgIpc) is 2.69. The van der Waals surface area contributed by atoms with Crippen LogP contribution in [0, 0.1) is 0 Å². The highest BCUT2D eigenvalue weighted by molar-refractivity contribution is 5.86. The molecule has 0 spiro atoms. The van der Waals surface area contributed by atoms with Crippen molar-refractivity contribution in [2.75, 3.05) is 33.2 Å². The SMILES string of the molecule is CN1CCN(Cc2cn[nH]c2C(=O)O)CC1. The second kappa shape index (κ2) is 4.63. The van der Waals surface area contributed by atoms with Gasteiger partial charge in [0.25, 0.3) is 0 Å². The largest absolute Gasteiger partial charge is 0.477 e. The van der Waals surface area contributed by atoms with E-state index in [0.717, 1.165) is 31.7 Å². The molecule has 88 valence electrons. The zero-order chi connectivity index (χ0) is 11.5. The summed E-state index contributed by atoms with van der Waals surface area (Å²) in [5.41, 5.74) is 0.969. The Bertz CT molecular complexity index is 369. The first-order chi connectivity index (χ1) is 7.66. The zero-order valence-electron chi connectivity index (χ0n) is 9.31. The van der Waals surface area contributed by atoms with Gasteiger partial charge >= 0.3 is 5.97 Å². The molecule has 0 saturated carbocycles. The third kappa shape index (κ3) is 2.40. The van der Waals surface area contributed by atoms with E-state index in [-0.39, 0.29) is 5.69 Å². The molecule has 0 amide bonds. The number of rotatable bonds is 3. The van der Waals surface area contributed by atoms with E-state index < -0.39 is 5.97 Å². The van der Waals surface area contributed by atoms with E-state index in [2.05, 4.69) is 27.0 Å². The number of aromatic amines is 1. The van der Waals surface area contributed by atoms with Gasteiger partial charge in [0.15, 0.2) is 0 Å². The Hall–Kier alpha value is -1.40. The second-order valence-electron chi connectivity index (χ2n) is 4.15. The van der Waals surface area contributed by atoms with Gasteiger partial charge in [0.2, 0.25) is 0 Å². The van der Waals surface area contributed by atoms with Crippen LogP contribution in [-0.4, -0.2) is 64.3 Å². The molecule has 0 aromatic carbocycles. The summed E-state index contributed by atoms with van der Waals surface area (Å²) in [5.74, 6) is -0.943.